The molecule has 5 rings (SSSR count). The summed E-state index contributed by atoms with van der Waals surface area (Å²) in [7, 11) is 0. The number of hydrogen-bond donors (Lipinski definition) is 1. The van der Waals surface area contributed by atoms with Crippen LogP contribution in [0.1, 0.15) is 51.9 Å². The fraction of sp³-hybridized carbons (Fsp3) is 0.269. The number of carbonyl (C=O) groups excluding carboxylic acids is 1. The number of hydrogen-bond acceptors (Lipinski definition) is 1. The van der Waals surface area contributed by atoms with Gasteiger partial charge in [-0.25, -0.2) is 4.79 Å². The smallest absolute Gasteiger partial charge is 0.331 e. The van der Waals surface area contributed by atoms with E-state index in [1.54, 1.807) is 4.90 Å². The maximum Gasteiger partial charge on any atom is 0.416 e. The molecule has 1 aliphatic heterocycles. The molecule has 32 heavy (non-hydrogen) atoms. The molecule has 0 bridgehead atoms. The van der Waals surface area contributed by atoms with Crippen molar-refractivity contribution in [2.75, 3.05) is 6.54 Å². The lowest BCUT2D eigenvalue weighted by molar-refractivity contribution is -0.137. The Morgan fingerprint density at radius 3 is 2.16 bits per heavy atom. The molecule has 1 heterocycles. The number of rotatable bonds is 2. The van der Waals surface area contributed by atoms with Crippen molar-refractivity contribution in [1.82, 2.24) is 10.2 Å². The Balaban J connectivity index is 1.46. The van der Waals surface area contributed by atoms with Crippen molar-refractivity contribution in [3.63, 3.8) is 0 Å². The molecule has 164 valence electrons. The highest BCUT2D eigenvalue weighted by Gasteiger charge is 2.35. The van der Waals surface area contributed by atoms with E-state index in [0.29, 0.717) is 18.5 Å². The molecule has 3 aromatic carbocycles. The first kappa shape index (κ1) is 20.6. The third-order valence-corrected chi connectivity index (χ3v) is 6.53. The summed E-state index contributed by atoms with van der Waals surface area (Å²) < 4.78 is 39.2. The lowest BCUT2D eigenvalue weighted by Crippen LogP contribution is -2.46. The number of amides is 2. The van der Waals surface area contributed by atoms with Gasteiger partial charge in [0.2, 0.25) is 0 Å². The van der Waals surface area contributed by atoms with Crippen molar-refractivity contribution < 1.29 is 18.0 Å². The average Bonchev–Trinajstić information content (AvgIpc) is 3.20. The molecular weight excluding hydrogens is 413 g/mol. The highest BCUT2D eigenvalue weighted by Crippen LogP contribution is 2.38. The van der Waals surface area contributed by atoms with Crippen molar-refractivity contribution in [3.05, 3.63) is 106 Å². The number of urea groups is 1. The fourth-order valence-corrected chi connectivity index (χ4v) is 4.94. The molecule has 1 aliphatic carbocycles. The van der Waals surface area contributed by atoms with Crippen LogP contribution >= 0.6 is 0 Å². The molecule has 0 aromatic heterocycles. The van der Waals surface area contributed by atoms with Crippen molar-refractivity contribution >= 4 is 6.03 Å². The molecular formula is C26H23F3N2O. The van der Waals surface area contributed by atoms with E-state index in [0.717, 1.165) is 41.7 Å². The van der Waals surface area contributed by atoms with E-state index < -0.39 is 17.8 Å². The fourth-order valence-electron chi connectivity index (χ4n) is 4.94. The van der Waals surface area contributed by atoms with E-state index in [1.165, 1.54) is 17.7 Å². The number of halogens is 3. The first-order chi connectivity index (χ1) is 15.4. The topological polar surface area (TPSA) is 32.3 Å². The van der Waals surface area contributed by atoms with Crippen LogP contribution in [0.3, 0.4) is 0 Å². The van der Waals surface area contributed by atoms with Crippen LogP contribution in [0.15, 0.2) is 72.8 Å². The molecule has 1 N–H and O–H groups in total. The van der Waals surface area contributed by atoms with Crippen LogP contribution in [-0.4, -0.2) is 17.5 Å². The molecule has 0 saturated heterocycles. The molecule has 3 aromatic rings. The summed E-state index contributed by atoms with van der Waals surface area (Å²) in [4.78, 5) is 15.2. The van der Waals surface area contributed by atoms with Crippen molar-refractivity contribution in [1.29, 1.82) is 0 Å². The second-order valence-corrected chi connectivity index (χ2v) is 8.40. The zero-order valence-electron chi connectivity index (χ0n) is 17.4. The maximum absolute atomic E-state index is 13.4. The van der Waals surface area contributed by atoms with Gasteiger partial charge in [-0.1, -0.05) is 60.7 Å². The van der Waals surface area contributed by atoms with Crippen LogP contribution < -0.4 is 5.32 Å². The van der Waals surface area contributed by atoms with Gasteiger partial charge in [0, 0.05) is 6.54 Å². The number of alkyl halides is 3. The first-order valence-corrected chi connectivity index (χ1v) is 10.8. The molecule has 0 saturated carbocycles. The van der Waals surface area contributed by atoms with Gasteiger partial charge in [-0.2, -0.15) is 13.2 Å². The summed E-state index contributed by atoms with van der Waals surface area (Å²) in [6.07, 6.45) is -1.91. The summed E-state index contributed by atoms with van der Waals surface area (Å²) in [5, 5.41) is 3.18. The number of aryl methyl sites for hydroxylation is 1. The minimum absolute atomic E-state index is 0.0517. The van der Waals surface area contributed by atoms with Gasteiger partial charge < -0.3 is 10.2 Å². The van der Waals surface area contributed by atoms with Gasteiger partial charge in [0.25, 0.3) is 0 Å². The van der Waals surface area contributed by atoms with Crippen LogP contribution in [-0.2, 0) is 19.0 Å². The quantitative estimate of drug-likeness (QED) is 0.521. The second-order valence-electron chi connectivity index (χ2n) is 8.40. The number of fused-ring (bicyclic) bond motifs is 2. The minimum Gasteiger partial charge on any atom is -0.331 e. The molecule has 0 spiro atoms. The zero-order valence-corrected chi connectivity index (χ0v) is 17.4. The number of nitrogens with one attached hydrogen (secondary N) is 1. The molecule has 0 unspecified atom stereocenters. The second kappa shape index (κ2) is 8.01. The normalized spacial score (nSPS) is 19.9. The predicted octanol–water partition coefficient (Wildman–Crippen LogP) is 6.05. The SMILES string of the molecule is O=C(N[C@H]1CCc2ccccc21)N1CCc2ccccc2[C@H]1c1ccc(C(F)(F)F)cc1. The summed E-state index contributed by atoms with van der Waals surface area (Å²) in [6.45, 7) is 0.503. The highest BCUT2D eigenvalue weighted by atomic mass is 19.4. The van der Waals surface area contributed by atoms with Gasteiger partial charge in [0.15, 0.2) is 0 Å². The van der Waals surface area contributed by atoms with E-state index in [2.05, 4.69) is 11.4 Å². The van der Waals surface area contributed by atoms with Gasteiger partial charge in [-0.3, -0.25) is 0 Å². The highest BCUT2D eigenvalue weighted by molar-refractivity contribution is 5.77. The van der Waals surface area contributed by atoms with Gasteiger partial charge in [0.1, 0.15) is 0 Å². The number of benzene rings is 3. The largest absolute Gasteiger partial charge is 0.416 e. The Kier molecular flexibility index (Phi) is 5.16. The zero-order chi connectivity index (χ0) is 22.3. The van der Waals surface area contributed by atoms with E-state index in [-0.39, 0.29) is 12.1 Å². The number of carbonyl (C=O) groups is 1. The lowest BCUT2D eigenvalue weighted by Gasteiger charge is -2.38. The molecule has 2 aliphatic rings. The summed E-state index contributed by atoms with van der Waals surface area (Å²) in [5.41, 5.74) is 4.45. The predicted molar refractivity (Wildman–Crippen MR) is 116 cm³/mol. The van der Waals surface area contributed by atoms with Crippen LogP contribution in [0.4, 0.5) is 18.0 Å². The monoisotopic (exact) mass is 436 g/mol. The molecule has 2 amide bonds. The molecule has 2 atom stereocenters. The third-order valence-electron chi connectivity index (χ3n) is 6.53. The van der Waals surface area contributed by atoms with E-state index in [9.17, 15) is 18.0 Å². The maximum atomic E-state index is 13.4. The Morgan fingerprint density at radius 2 is 1.47 bits per heavy atom. The Bertz CT molecular complexity index is 1140. The standard InChI is InChI=1S/C26H23F3N2O/c27-26(28,29)20-12-9-19(10-13-20)24-22-8-4-2-6-18(22)15-16-31(24)25(32)30-23-14-11-17-5-1-3-7-21(17)23/h1-10,12-13,23-24H,11,14-16H2,(H,30,32)/t23-,24+/m0/s1. The van der Waals surface area contributed by atoms with Crippen LogP contribution in [0.5, 0.6) is 0 Å². The third kappa shape index (κ3) is 3.74. The van der Waals surface area contributed by atoms with E-state index in [1.807, 2.05) is 42.5 Å². The van der Waals surface area contributed by atoms with Crippen molar-refractivity contribution in [3.8, 4) is 0 Å². The first-order valence-electron chi connectivity index (χ1n) is 10.8. The summed E-state index contributed by atoms with van der Waals surface area (Å²) in [6, 6.07) is 20.4. The summed E-state index contributed by atoms with van der Waals surface area (Å²) in [5.74, 6) is 0. The van der Waals surface area contributed by atoms with Gasteiger partial charge in [0.05, 0.1) is 17.6 Å². The average molecular weight is 436 g/mol. The Labute approximate surface area is 184 Å². The molecule has 0 fully saturated rings. The van der Waals surface area contributed by atoms with Gasteiger partial charge in [-0.05, 0) is 59.2 Å². The number of nitrogens with zero attached hydrogens (tertiary/aromatic N) is 1. The van der Waals surface area contributed by atoms with Crippen molar-refractivity contribution in [2.45, 2.75) is 37.5 Å². The molecule has 0 radical (unpaired) electrons. The van der Waals surface area contributed by atoms with Crippen LogP contribution in [0.25, 0.3) is 0 Å². The molecule has 3 nitrogen and oxygen atoms in total. The van der Waals surface area contributed by atoms with E-state index in [4.69, 9.17) is 0 Å². The lowest BCUT2D eigenvalue weighted by atomic mass is 9.88. The Morgan fingerprint density at radius 1 is 0.844 bits per heavy atom. The molecule has 6 heteroatoms. The Hall–Kier alpha value is -3.28. The summed E-state index contributed by atoms with van der Waals surface area (Å²) >= 11 is 0. The van der Waals surface area contributed by atoms with E-state index >= 15 is 0 Å². The van der Waals surface area contributed by atoms with Crippen LogP contribution in [0, 0.1) is 0 Å². The van der Waals surface area contributed by atoms with Gasteiger partial charge in [-0.15, -0.1) is 0 Å². The van der Waals surface area contributed by atoms with Crippen LogP contribution in [0.2, 0.25) is 0 Å². The minimum atomic E-state index is -4.39. The van der Waals surface area contributed by atoms with Gasteiger partial charge >= 0.3 is 12.2 Å². The van der Waals surface area contributed by atoms with Crippen molar-refractivity contribution in [2.24, 2.45) is 0 Å².